The molecule has 3 rings (SSSR count). The van der Waals surface area contributed by atoms with Crippen LogP contribution < -0.4 is 28.6 Å². The number of hydrogen-bond acceptors (Lipinski definition) is 7. The first-order valence-electron chi connectivity index (χ1n) is 11.1. The molecule has 0 saturated heterocycles. The van der Waals surface area contributed by atoms with Gasteiger partial charge in [0.05, 0.1) is 45.1 Å². The Labute approximate surface area is 211 Å². The van der Waals surface area contributed by atoms with Gasteiger partial charge in [0.15, 0.2) is 11.5 Å². The Bertz CT molecular complexity index is 1300. The number of methoxy groups -OCH3 is 4. The molecule has 1 atom stereocenters. The molecule has 36 heavy (non-hydrogen) atoms. The molecule has 0 aliphatic heterocycles. The lowest BCUT2D eigenvalue weighted by atomic mass is 10.1. The van der Waals surface area contributed by atoms with Crippen molar-refractivity contribution in [2.75, 3.05) is 39.3 Å². The highest BCUT2D eigenvalue weighted by molar-refractivity contribution is 7.92. The maximum atomic E-state index is 13.7. The molecule has 3 aromatic rings. The van der Waals surface area contributed by atoms with Crippen LogP contribution in [-0.4, -0.2) is 49.3 Å². The molecule has 9 nitrogen and oxygen atoms in total. The summed E-state index contributed by atoms with van der Waals surface area (Å²) in [4.78, 5) is 13.1. The van der Waals surface area contributed by atoms with E-state index in [0.717, 1.165) is 4.31 Å². The Balaban J connectivity index is 1.93. The molecule has 0 saturated carbocycles. The first-order valence-corrected chi connectivity index (χ1v) is 12.5. The van der Waals surface area contributed by atoms with Crippen molar-refractivity contribution < 1.29 is 32.2 Å². The summed E-state index contributed by atoms with van der Waals surface area (Å²) in [7, 11) is 1.83. The lowest BCUT2D eigenvalue weighted by Crippen LogP contribution is -2.41. The van der Waals surface area contributed by atoms with Crippen LogP contribution in [0.1, 0.15) is 18.5 Å². The van der Waals surface area contributed by atoms with E-state index in [1.165, 1.54) is 39.5 Å². The van der Waals surface area contributed by atoms with Crippen molar-refractivity contribution in [1.29, 1.82) is 0 Å². The van der Waals surface area contributed by atoms with E-state index < -0.39 is 28.5 Å². The van der Waals surface area contributed by atoms with E-state index in [1.54, 1.807) is 62.6 Å². The molecule has 0 bridgehead atoms. The lowest BCUT2D eigenvalue weighted by molar-refractivity contribution is -0.120. The minimum atomic E-state index is -4.14. The van der Waals surface area contributed by atoms with Crippen LogP contribution in [0.15, 0.2) is 71.6 Å². The quantitative estimate of drug-likeness (QED) is 0.415. The second kappa shape index (κ2) is 11.7. The molecular formula is C26H30N2O7S. The Morgan fingerprint density at radius 1 is 0.833 bits per heavy atom. The fourth-order valence-electron chi connectivity index (χ4n) is 3.69. The predicted molar refractivity (Wildman–Crippen MR) is 137 cm³/mol. The van der Waals surface area contributed by atoms with Crippen LogP contribution in [0, 0.1) is 0 Å². The van der Waals surface area contributed by atoms with E-state index in [-0.39, 0.29) is 10.6 Å². The van der Waals surface area contributed by atoms with Crippen LogP contribution in [0.25, 0.3) is 0 Å². The van der Waals surface area contributed by atoms with Gasteiger partial charge in [-0.25, -0.2) is 8.42 Å². The molecule has 0 unspecified atom stereocenters. The normalized spacial score (nSPS) is 11.8. The molecule has 0 heterocycles. The number of nitrogens with one attached hydrogen (secondary N) is 1. The van der Waals surface area contributed by atoms with Gasteiger partial charge in [0.25, 0.3) is 10.0 Å². The largest absolute Gasteiger partial charge is 0.497 e. The number of para-hydroxylation sites is 1. The van der Waals surface area contributed by atoms with E-state index in [0.29, 0.717) is 28.5 Å². The van der Waals surface area contributed by atoms with E-state index in [9.17, 15) is 13.2 Å². The van der Waals surface area contributed by atoms with Crippen LogP contribution >= 0.6 is 0 Å². The van der Waals surface area contributed by atoms with Gasteiger partial charge in [0.1, 0.15) is 18.0 Å². The van der Waals surface area contributed by atoms with Crippen molar-refractivity contribution in [1.82, 2.24) is 5.32 Å². The smallest absolute Gasteiger partial charge is 0.264 e. The van der Waals surface area contributed by atoms with Gasteiger partial charge in [-0.3, -0.25) is 9.10 Å². The third kappa shape index (κ3) is 5.83. The summed E-state index contributed by atoms with van der Waals surface area (Å²) < 4.78 is 49.6. The number of sulfonamides is 1. The van der Waals surface area contributed by atoms with Gasteiger partial charge >= 0.3 is 0 Å². The summed E-state index contributed by atoms with van der Waals surface area (Å²) in [6, 6.07) is 17.5. The number of rotatable bonds is 11. The van der Waals surface area contributed by atoms with E-state index in [2.05, 4.69) is 5.32 Å². The molecule has 0 aliphatic rings. The number of carbonyl (C=O) groups is 1. The van der Waals surface area contributed by atoms with Crippen molar-refractivity contribution in [2.24, 2.45) is 0 Å². The molecule has 0 fully saturated rings. The summed E-state index contributed by atoms with van der Waals surface area (Å²) in [5, 5.41) is 2.86. The first kappa shape index (κ1) is 26.7. The molecule has 1 N–H and O–H groups in total. The average Bonchev–Trinajstić information content (AvgIpc) is 2.91. The van der Waals surface area contributed by atoms with Crippen molar-refractivity contribution in [3.05, 3.63) is 72.3 Å². The number of carbonyl (C=O) groups excluding carboxylic acids is 1. The third-order valence-electron chi connectivity index (χ3n) is 5.56. The Morgan fingerprint density at radius 3 is 2.08 bits per heavy atom. The molecule has 1 amide bonds. The van der Waals surface area contributed by atoms with E-state index >= 15 is 0 Å². The van der Waals surface area contributed by atoms with Crippen LogP contribution in [-0.2, 0) is 14.8 Å². The molecule has 10 heteroatoms. The van der Waals surface area contributed by atoms with Crippen LogP contribution in [0.5, 0.6) is 23.0 Å². The molecule has 0 aliphatic carbocycles. The van der Waals surface area contributed by atoms with Gasteiger partial charge in [-0.15, -0.1) is 0 Å². The summed E-state index contributed by atoms with van der Waals surface area (Å²) in [6.45, 7) is 1.34. The molecule has 0 spiro atoms. The van der Waals surface area contributed by atoms with Gasteiger partial charge in [0, 0.05) is 11.6 Å². The van der Waals surface area contributed by atoms with Crippen LogP contribution in [0.3, 0.4) is 0 Å². The molecular weight excluding hydrogens is 484 g/mol. The molecule has 0 radical (unpaired) electrons. The van der Waals surface area contributed by atoms with Gasteiger partial charge < -0.3 is 24.3 Å². The standard InChI is InChI=1S/C26H30N2O7S/c1-18(22-15-20(32-2)11-13-23(22)33-3)27-26(29)17-28(19-9-7-6-8-10-19)36(30,31)21-12-14-24(34-4)25(16-21)35-5/h6-16,18H,17H2,1-5H3,(H,27,29)/t18-/m1/s1. The fraction of sp³-hybridized carbons (Fsp3) is 0.269. The Morgan fingerprint density at radius 2 is 1.47 bits per heavy atom. The van der Waals surface area contributed by atoms with Crippen molar-refractivity contribution in [3.63, 3.8) is 0 Å². The van der Waals surface area contributed by atoms with Crippen molar-refractivity contribution in [3.8, 4) is 23.0 Å². The maximum absolute atomic E-state index is 13.7. The highest BCUT2D eigenvalue weighted by atomic mass is 32.2. The molecule has 0 aromatic heterocycles. The second-order valence-electron chi connectivity index (χ2n) is 7.76. The number of nitrogens with zero attached hydrogens (tertiary/aromatic N) is 1. The summed E-state index contributed by atoms with van der Waals surface area (Å²) in [5.74, 6) is 1.33. The predicted octanol–water partition coefficient (Wildman–Crippen LogP) is 3.79. The topological polar surface area (TPSA) is 103 Å². The highest BCUT2D eigenvalue weighted by Gasteiger charge is 2.29. The maximum Gasteiger partial charge on any atom is 0.264 e. The monoisotopic (exact) mass is 514 g/mol. The number of hydrogen-bond donors (Lipinski definition) is 1. The van der Waals surface area contributed by atoms with Crippen LogP contribution in [0.4, 0.5) is 5.69 Å². The van der Waals surface area contributed by atoms with Crippen molar-refractivity contribution in [2.45, 2.75) is 17.9 Å². The fourth-order valence-corrected chi connectivity index (χ4v) is 5.12. The zero-order chi connectivity index (χ0) is 26.3. The van der Waals surface area contributed by atoms with Gasteiger partial charge in [-0.2, -0.15) is 0 Å². The molecule has 192 valence electrons. The second-order valence-corrected chi connectivity index (χ2v) is 9.62. The van der Waals surface area contributed by atoms with Gasteiger partial charge in [-0.05, 0) is 49.4 Å². The summed E-state index contributed by atoms with van der Waals surface area (Å²) in [5.41, 5.74) is 1.04. The number of ether oxygens (including phenoxy) is 4. The van der Waals surface area contributed by atoms with Gasteiger partial charge in [-0.1, -0.05) is 18.2 Å². The van der Waals surface area contributed by atoms with Crippen molar-refractivity contribution >= 4 is 21.6 Å². The van der Waals surface area contributed by atoms with Crippen LogP contribution in [0.2, 0.25) is 0 Å². The average molecular weight is 515 g/mol. The van der Waals surface area contributed by atoms with E-state index in [4.69, 9.17) is 18.9 Å². The Kier molecular flexibility index (Phi) is 8.65. The summed E-state index contributed by atoms with van der Waals surface area (Å²) in [6.07, 6.45) is 0. The van der Waals surface area contributed by atoms with E-state index in [1.807, 2.05) is 0 Å². The third-order valence-corrected chi connectivity index (χ3v) is 7.33. The zero-order valence-corrected chi connectivity index (χ0v) is 21.7. The SMILES string of the molecule is COc1ccc(OC)c([C@@H](C)NC(=O)CN(c2ccccc2)S(=O)(=O)c2ccc(OC)c(OC)c2)c1. The lowest BCUT2D eigenvalue weighted by Gasteiger charge is -2.26. The minimum Gasteiger partial charge on any atom is -0.497 e. The Hall–Kier alpha value is -3.92. The highest BCUT2D eigenvalue weighted by Crippen LogP contribution is 2.33. The van der Waals surface area contributed by atoms with Gasteiger partial charge in [0.2, 0.25) is 5.91 Å². The zero-order valence-electron chi connectivity index (χ0n) is 20.8. The molecule has 3 aromatic carbocycles. The number of benzene rings is 3. The number of amides is 1. The first-order chi connectivity index (χ1) is 17.2. The number of anilines is 1. The summed E-state index contributed by atoms with van der Waals surface area (Å²) >= 11 is 0. The minimum absolute atomic E-state index is 0.0423.